The summed E-state index contributed by atoms with van der Waals surface area (Å²) in [5.74, 6) is -0.401. The van der Waals surface area contributed by atoms with E-state index < -0.39 is 36.4 Å². The lowest BCUT2D eigenvalue weighted by atomic mass is 9.92. The third-order valence-electron chi connectivity index (χ3n) is 5.93. The molecule has 0 unspecified atom stereocenters. The number of aliphatic hydroxyl groups is 1. The lowest BCUT2D eigenvalue weighted by Gasteiger charge is -2.31. The average Bonchev–Trinajstić information content (AvgIpc) is 3.08. The zero-order valence-corrected chi connectivity index (χ0v) is 18.8. The number of hydrogen-bond acceptors (Lipinski definition) is 4. The zero-order chi connectivity index (χ0) is 24.0. The number of benzene rings is 2. The highest BCUT2D eigenvalue weighted by molar-refractivity contribution is 6.04. The van der Waals surface area contributed by atoms with Crippen molar-refractivity contribution in [2.24, 2.45) is 5.92 Å². The molecule has 0 radical (unpaired) electrons. The minimum absolute atomic E-state index is 0.0383. The molecule has 33 heavy (non-hydrogen) atoms. The number of amides is 4. The molecule has 0 bridgehead atoms. The van der Waals surface area contributed by atoms with E-state index in [1.807, 2.05) is 74.5 Å². The Bertz CT molecular complexity index is 951. The summed E-state index contributed by atoms with van der Waals surface area (Å²) < 4.78 is 0. The van der Waals surface area contributed by atoms with Gasteiger partial charge in [0.1, 0.15) is 6.04 Å². The molecule has 1 aliphatic heterocycles. The lowest BCUT2D eigenvalue weighted by Crippen LogP contribution is -2.50. The first kappa shape index (κ1) is 24.3. The third kappa shape index (κ3) is 6.32. The maximum atomic E-state index is 13.1. The first-order chi connectivity index (χ1) is 15.8. The number of imide groups is 1. The van der Waals surface area contributed by atoms with Crippen LogP contribution >= 0.6 is 0 Å². The highest BCUT2D eigenvalue weighted by Gasteiger charge is 2.44. The van der Waals surface area contributed by atoms with E-state index in [0.29, 0.717) is 6.42 Å². The number of urea groups is 1. The molecular formula is C25H31N3O5. The Labute approximate surface area is 193 Å². The van der Waals surface area contributed by atoms with Crippen molar-refractivity contribution in [3.63, 3.8) is 0 Å². The van der Waals surface area contributed by atoms with Crippen molar-refractivity contribution < 1.29 is 24.6 Å². The highest BCUT2D eigenvalue weighted by atomic mass is 16.4. The molecule has 4 amide bonds. The molecule has 1 aliphatic rings. The van der Waals surface area contributed by atoms with Crippen molar-refractivity contribution in [3.8, 4) is 0 Å². The summed E-state index contributed by atoms with van der Waals surface area (Å²) in [5, 5.41) is 25.5. The Morgan fingerprint density at radius 1 is 1.00 bits per heavy atom. The quantitative estimate of drug-likeness (QED) is 0.413. The van der Waals surface area contributed by atoms with E-state index in [2.05, 4.69) is 10.6 Å². The number of rotatable bonds is 10. The summed E-state index contributed by atoms with van der Waals surface area (Å²) >= 11 is 0. The molecule has 1 saturated heterocycles. The normalized spacial score (nSPS) is 18.7. The summed E-state index contributed by atoms with van der Waals surface area (Å²) in [5.41, 5.74) is 1.78. The van der Waals surface area contributed by atoms with E-state index in [4.69, 9.17) is 0 Å². The fourth-order valence-electron chi connectivity index (χ4n) is 4.23. The molecule has 0 aromatic heterocycles. The molecular weight excluding hydrogens is 422 g/mol. The van der Waals surface area contributed by atoms with Crippen molar-refractivity contribution in [3.05, 3.63) is 71.8 Å². The number of carbonyl (C=O) groups is 3. The topological polar surface area (TPSA) is 119 Å². The van der Waals surface area contributed by atoms with Gasteiger partial charge < -0.3 is 20.8 Å². The highest BCUT2D eigenvalue weighted by Crippen LogP contribution is 2.23. The van der Waals surface area contributed by atoms with Crippen molar-refractivity contribution in [1.29, 1.82) is 0 Å². The Morgan fingerprint density at radius 2 is 1.55 bits per heavy atom. The van der Waals surface area contributed by atoms with Gasteiger partial charge in [0.25, 0.3) is 5.91 Å². The maximum Gasteiger partial charge on any atom is 0.404 e. The van der Waals surface area contributed by atoms with Crippen LogP contribution in [0.25, 0.3) is 0 Å². The second kappa shape index (κ2) is 11.0. The van der Waals surface area contributed by atoms with Crippen LogP contribution in [0.5, 0.6) is 0 Å². The Kier molecular flexibility index (Phi) is 8.06. The lowest BCUT2D eigenvalue weighted by molar-refractivity contribution is -0.130. The van der Waals surface area contributed by atoms with Crippen LogP contribution in [-0.4, -0.2) is 57.4 Å². The van der Waals surface area contributed by atoms with Crippen LogP contribution in [0.4, 0.5) is 9.59 Å². The summed E-state index contributed by atoms with van der Waals surface area (Å²) in [6.07, 6.45) is -1.69. The van der Waals surface area contributed by atoms with E-state index >= 15 is 0 Å². The molecule has 0 spiro atoms. The molecule has 2 aromatic rings. The zero-order valence-electron chi connectivity index (χ0n) is 18.8. The van der Waals surface area contributed by atoms with Gasteiger partial charge in [-0.25, -0.2) is 9.59 Å². The van der Waals surface area contributed by atoms with Gasteiger partial charge in [-0.05, 0) is 36.3 Å². The number of carbonyl (C=O) groups excluding carboxylic acids is 2. The molecule has 0 saturated carbocycles. The molecule has 1 heterocycles. The Hall–Kier alpha value is -3.39. The van der Waals surface area contributed by atoms with E-state index in [9.17, 15) is 24.6 Å². The van der Waals surface area contributed by atoms with Crippen LogP contribution in [-0.2, 0) is 17.6 Å². The first-order valence-electron chi connectivity index (χ1n) is 11.1. The first-order valence-corrected chi connectivity index (χ1v) is 11.1. The van der Waals surface area contributed by atoms with Crippen LogP contribution in [0.3, 0.4) is 0 Å². The van der Waals surface area contributed by atoms with E-state index in [1.165, 1.54) is 4.90 Å². The van der Waals surface area contributed by atoms with E-state index in [-0.39, 0.29) is 24.7 Å². The minimum Gasteiger partial charge on any atom is -0.465 e. The van der Waals surface area contributed by atoms with Gasteiger partial charge in [-0.1, -0.05) is 74.5 Å². The van der Waals surface area contributed by atoms with Gasteiger partial charge in [0.05, 0.1) is 12.1 Å². The van der Waals surface area contributed by atoms with Gasteiger partial charge in [-0.15, -0.1) is 0 Å². The van der Waals surface area contributed by atoms with Gasteiger partial charge in [0, 0.05) is 6.04 Å². The van der Waals surface area contributed by atoms with Crippen LogP contribution < -0.4 is 10.6 Å². The van der Waals surface area contributed by atoms with Gasteiger partial charge in [0.2, 0.25) is 0 Å². The van der Waals surface area contributed by atoms with Crippen molar-refractivity contribution in [2.45, 2.75) is 57.3 Å². The standard InChI is InChI=1S/C25H31N3O5/c1-16(2)22-23(30)28(24(31)27-22)19(13-17-9-5-3-6-10-17)15-21(29)20(26-25(32)33)14-18-11-7-4-8-12-18/h3-12,16,19-22,26,29H,13-15H2,1-2H3,(H,27,31)(H,32,33)/t19-,20-,21-,22-/m0/s1. The van der Waals surface area contributed by atoms with Crippen molar-refractivity contribution in [2.75, 3.05) is 0 Å². The molecule has 0 aliphatic carbocycles. The fraction of sp³-hybridized carbons (Fsp3) is 0.400. The monoisotopic (exact) mass is 453 g/mol. The summed E-state index contributed by atoms with van der Waals surface area (Å²) in [6, 6.07) is 16.1. The second-order valence-electron chi connectivity index (χ2n) is 8.77. The van der Waals surface area contributed by atoms with E-state index in [1.54, 1.807) is 0 Å². The molecule has 8 nitrogen and oxygen atoms in total. The molecule has 3 rings (SSSR count). The number of hydrogen-bond donors (Lipinski definition) is 4. The molecule has 4 N–H and O–H groups in total. The summed E-state index contributed by atoms with van der Waals surface area (Å²) in [6.45, 7) is 3.72. The fourth-order valence-corrected chi connectivity index (χ4v) is 4.23. The predicted molar refractivity (Wildman–Crippen MR) is 124 cm³/mol. The minimum atomic E-state index is -1.25. The van der Waals surface area contributed by atoms with Crippen LogP contribution in [0, 0.1) is 5.92 Å². The molecule has 4 atom stereocenters. The molecule has 1 fully saturated rings. The van der Waals surface area contributed by atoms with Crippen LogP contribution in [0.15, 0.2) is 60.7 Å². The number of carboxylic acid groups (broad SMARTS) is 1. The predicted octanol–water partition coefficient (Wildman–Crippen LogP) is 2.80. The SMILES string of the molecule is CC(C)[C@@H]1NC(=O)N([C@@H](Cc2ccccc2)C[C@H](O)[C@H](Cc2ccccc2)NC(=O)O)C1=O. The average molecular weight is 454 g/mol. The smallest absolute Gasteiger partial charge is 0.404 e. The summed E-state index contributed by atoms with van der Waals surface area (Å²) in [7, 11) is 0. The largest absolute Gasteiger partial charge is 0.465 e. The van der Waals surface area contributed by atoms with Crippen molar-refractivity contribution >= 4 is 18.0 Å². The van der Waals surface area contributed by atoms with Gasteiger partial charge in [0.15, 0.2) is 0 Å². The second-order valence-corrected chi connectivity index (χ2v) is 8.77. The third-order valence-corrected chi connectivity index (χ3v) is 5.93. The molecule has 176 valence electrons. The molecule has 8 heteroatoms. The number of nitrogens with one attached hydrogen (secondary N) is 2. The maximum absolute atomic E-state index is 13.1. The number of nitrogens with zero attached hydrogens (tertiary/aromatic N) is 1. The van der Waals surface area contributed by atoms with E-state index in [0.717, 1.165) is 11.1 Å². The van der Waals surface area contributed by atoms with Gasteiger partial charge in [-0.3, -0.25) is 9.69 Å². The summed E-state index contributed by atoms with van der Waals surface area (Å²) in [4.78, 5) is 38.4. The van der Waals surface area contributed by atoms with Crippen molar-refractivity contribution in [1.82, 2.24) is 15.5 Å². The van der Waals surface area contributed by atoms with Crippen LogP contribution in [0.1, 0.15) is 31.4 Å². The Balaban J connectivity index is 1.85. The van der Waals surface area contributed by atoms with Gasteiger partial charge >= 0.3 is 12.1 Å². The molecule has 2 aromatic carbocycles. The number of aliphatic hydroxyl groups excluding tert-OH is 1. The van der Waals surface area contributed by atoms with Gasteiger partial charge in [-0.2, -0.15) is 0 Å². The Morgan fingerprint density at radius 3 is 2.03 bits per heavy atom. The van der Waals surface area contributed by atoms with Crippen LogP contribution in [0.2, 0.25) is 0 Å².